The van der Waals surface area contributed by atoms with E-state index in [1.165, 1.54) is 12.1 Å². The lowest BCUT2D eigenvalue weighted by Crippen LogP contribution is -2.35. The van der Waals surface area contributed by atoms with Gasteiger partial charge in [0.25, 0.3) is 5.91 Å². The van der Waals surface area contributed by atoms with Gasteiger partial charge in [-0.15, -0.1) is 0 Å². The Morgan fingerprint density at radius 1 is 1.26 bits per heavy atom. The van der Waals surface area contributed by atoms with Crippen molar-refractivity contribution in [2.45, 2.75) is 31.7 Å². The van der Waals surface area contributed by atoms with E-state index >= 15 is 0 Å². The first-order valence-electron chi connectivity index (χ1n) is 8.82. The van der Waals surface area contributed by atoms with Crippen LogP contribution in [0.15, 0.2) is 36.4 Å². The first kappa shape index (κ1) is 19.1. The molecule has 1 atom stereocenters. The molecule has 8 heteroatoms. The van der Waals surface area contributed by atoms with Crippen molar-refractivity contribution < 1.29 is 9.72 Å². The molecule has 2 aromatic rings. The molecular weight excluding hydrogens is 368 g/mol. The quantitative estimate of drug-likeness (QED) is 0.609. The number of nitrogens with two attached hydrogens (primary N) is 1. The zero-order chi connectivity index (χ0) is 19.6. The van der Waals surface area contributed by atoms with Gasteiger partial charge in [0.15, 0.2) is 0 Å². The van der Waals surface area contributed by atoms with Crippen molar-refractivity contribution in [3.8, 4) is 0 Å². The van der Waals surface area contributed by atoms with Gasteiger partial charge in [0.05, 0.1) is 11.0 Å². The molecule has 0 spiro atoms. The summed E-state index contributed by atoms with van der Waals surface area (Å²) in [5.74, 6) is -0.234. The van der Waals surface area contributed by atoms with Gasteiger partial charge in [-0.2, -0.15) is 0 Å². The highest BCUT2D eigenvalue weighted by molar-refractivity contribution is 6.30. The molecule has 1 aromatic heterocycles. The van der Waals surface area contributed by atoms with E-state index in [2.05, 4.69) is 4.98 Å². The fourth-order valence-corrected chi connectivity index (χ4v) is 3.92. The van der Waals surface area contributed by atoms with Gasteiger partial charge < -0.3 is 10.6 Å². The Balaban J connectivity index is 1.92. The monoisotopic (exact) mass is 388 g/mol. The van der Waals surface area contributed by atoms with Crippen LogP contribution in [-0.2, 0) is 0 Å². The van der Waals surface area contributed by atoms with E-state index in [0.717, 1.165) is 31.2 Å². The van der Waals surface area contributed by atoms with E-state index < -0.39 is 4.92 Å². The lowest BCUT2D eigenvalue weighted by molar-refractivity contribution is -0.384. The highest BCUT2D eigenvalue weighted by atomic mass is 35.5. The van der Waals surface area contributed by atoms with E-state index in [1.54, 1.807) is 11.9 Å². The molecule has 7 nitrogen and oxygen atoms in total. The Morgan fingerprint density at radius 3 is 2.44 bits per heavy atom. The first-order valence-corrected chi connectivity index (χ1v) is 9.20. The van der Waals surface area contributed by atoms with Gasteiger partial charge >= 0.3 is 5.69 Å². The van der Waals surface area contributed by atoms with Crippen LogP contribution < -0.4 is 5.73 Å². The Bertz CT molecular complexity index is 851. The van der Waals surface area contributed by atoms with E-state index in [4.69, 9.17) is 17.3 Å². The number of nitrogen functional groups attached to an aromatic ring is 1. The summed E-state index contributed by atoms with van der Waals surface area (Å²) in [6.45, 7) is 0. The van der Waals surface area contributed by atoms with Crippen LogP contribution in [0.3, 0.4) is 0 Å². The number of amides is 1. The van der Waals surface area contributed by atoms with Crippen LogP contribution in [0.1, 0.15) is 47.8 Å². The summed E-state index contributed by atoms with van der Waals surface area (Å²) in [4.78, 5) is 28.9. The molecule has 1 fully saturated rings. The number of rotatable bonds is 5. The summed E-state index contributed by atoms with van der Waals surface area (Å²) in [6, 6.07) is 9.96. The molecule has 0 bridgehead atoms. The molecule has 1 aliphatic rings. The third-order valence-electron chi connectivity index (χ3n) is 5.11. The standard InChI is InChI=1S/C19H21ClN4O3/c1-23(19(25)15-10-11-16(24(26)27)18(21)22-15)17(12-4-2-3-5-12)13-6-8-14(20)9-7-13/h6-12,17H,2-5H2,1H3,(H2,21,22)/t17-/m1/s1. The van der Waals surface area contributed by atoms with Gasteiger partial charge in [0, 0.05) is 18.1 Å². The van der Waals surface area contributed by atoms with Crippen molar-refractivity contribution in [1.82, 2.24) is 9.88 Å². The fourth-order valence-electron chi connectivity index (χ4n) is 3.79. The van der Waals surface area contributed by atoms with Crippen LogP contribution in [0.5, 0.6) is 0 Å². The lowest BCUT2D eigenvalue weighted by Gasteiger charge is -2.33. The molecule has 1 amide bonds. The zero-order valence-corrected chi connectivity index (χ0v) is 15.7. The highest BCUT2D eigenvalue weighted by Crippen LogP contribution is 2.39. The summed E-state index contributed by atoms with van der Waals surface area (Å²) >= 11 is 6.01. The Kier molecular flexibility index (Phi) is 5.60. The Labute approximate surface area is 162 Å². The van der Waals surface area contributed by atoms with Crippen LogP contribution in [0.2, 0.25) is 5.02 Å². The number of nitrogens with zero attached hydrogens (tertiary/aromatic N) is 3. The van der Waals surface area contributed by atoms with Gasteiger partial charge in [-0.1, -0.05) is 36.6 Å². The number of hydrogen-bond acceptors (Lipinski definition) is 5. The number of halogens is 1. The van der Waals surface area contributed by atoms with Crippen LogP contribution in [0.4, 0.5) is 11.5 Å². The number of carbonyl (C=O) groups is 1. The van der Waals surface area contributed by atoms with E-state index in [-0.39, 0.29) is 29.1 Å². The van der Waals surface area contributed by atoms with Crippen molar-refractivity contribution in [2.75, 3.05) is 12.8 Å². The Hall–Kier alpha value is -2.67. The second-order valence-corrected chi connectivity index (χ2v) is 7.25. The predicted octanol–water partition coefficient (Wildman–Crippen LogP) is 4.23. The van der Waals surface area contributed by atoms with Gasteiger partial charge in [-0.05, 0) is 42.5 Å². The molecule has 1 heterocycles. The van der Waals surface area contributed by atoms with Gasteiger partial charge in [0.1, 0.15) is 5.69 Å². The van der Waals surface area contributed by atoms with Crippen LogP contribution in [0.25, 0.3) is 0 Å². The molecule has 142 valence electrons. The van der Waals surface area contributed by atoms with Crippen molar-refractivity contribution in [2.24, 2.45) is 5.92 Å². The minimum atomic E-state index is -0.616. The minimum Gasteiger partial charge on any atom is -0.378 e. The van der Waals surface area contributed by atoms with Crippen molar-refractivity contribution in [3.63, 3.8) is 0 Å². The smallest absolute Gasteiger partial charge is 0.311 e. The Morgan fingerprint density at radius 2 is 1.89 bits per heavy atom. The molecule has 1 aliphatic carbocycles. The number of benzene rings is 1. The van der Waals surface area contributed by atoms with Crippen LogP contribution in [0, 0.1) is 16.0 Å². The van der Waals surface area contributed by atoms with Crippen molar-refractivity contribution in [1.29, 1.82) is 0 Å². The van der Waals surface area contributed by atoms with E-state index in [9.17, 15) is 14.9 Å². The number of nitro groups is 1. The van der Waals surface area contributed by atoms with E-state index in [0.29, 0.717) is 10.9 Å². The second kappa shape index (κ2) is 7.92. The number of carbonyl (C=O) groups excluding carboxylic acids is 1. The van der Waals surface area contributed by atoms with E-state index in [1.807, 2.05) is 24.3 Å². The highest BCUT2D eigenvalue weighted by Gasteiger charge is 2.33. The molecule has 2 N–H and O–H groups in total. The summed E-state index contributed by atoms with van der Waals surface area (Å²) in [5.41, 5.74) is 6.45. The molecule has 1 aromatic carbocycles. The topological polar surface area (TPSA) is 102 Å². The lowest BCUT2D eigenvalue weighted by atomic mass is 9.90. The maximum atomic E-state index is 13.0. The maximum Gasteiger partial charge on any atom is 0.311 e. The average molecular weight is 389 g/mol. The number of hydrogen-bond donors (Lipinski definition) is 1. The average Bonchev–Trinajstić information content (AvgIpc) is 3.16. The van der Waals surface area contributed by atoms with Crippen molar-refractivity contribution >= 4 is 29.0 Å². The predicted molar refractivity (Wildman–Crippen MR) is 104 cm³/mol. The molecule has 0 radical (unpaired) electrons. The maximum absolute atomic E-state index is 13.0. The van der Waals surface area contributed by atoms with Crippen molar-refractivity contribution in [3.05, 3.63) is 62.8 Å². The SMILES string of the molecule is CN(C(=O)c1ccc([N+](=O)[O-])c(N)n1)[C@@H](c1ccc(Cl)cc1)C1CCCC1. The molecule has 0 aliphatic heterocycles. The largest absolute Gasteiger partial charge is 0.378 e. The van der Waals surface area contributed by atoms with Gasteiger partial charge in [-0.3, -0.25) is 14.9 Å². The molecule has 0 unspecified atom stereocenters. The number of aromatic nitrogens is 1. The van der Waals surface area contributed by atoms with Crippen LogP contribution >= 0.6 is 11.6 Å². The summed E-state index contributed by atoms with van der Waals surface area (Å²) in [5, 5.41) is 11.6. The number of anilines is 1. The molecule has 27 heavy (non-hydrogen) atoms. The minimum absolute atomic E-state index is 0.0950. The molecule has 0 saturated heterocycles. The fraction of sp³-hybridized carbons (Fsp3) is 0.368. The molecule has 3 rings (SSSR count). The molecule has 1 saturated carbocycles. The second-order valence-electron chi connectivity index (χ2n) is 6.81. The third-order valence-corrected chi connectivity index (χ3v) is 5.37. The summed E-state index contributed by atoms with van der Waals surface area (Å²) < 4.78 is 0. The third kappa shape index (κ3) is 4.03. The van der Waals surface area contributed by atoms with Gasteiger partial charge in [0.2, 0.25) is 5.82 Å². The summed E-state index contributed by atoms with van der Waals surface area (Å²) in [6.07, 6.45) is 4.36. The molecular formula is C19H21ClN4O3. The summed E-state index contributed by atoms with van der Waals surface area (Å²) in [7, 11) is 1.74. The van der Waals surface area contributed by atoms with Gasteiger partial charge in [-0.25, -0.2) is 4.98 Å². The number of pyridine rings is 1. The van der Waals surface area contributed by atoms with Crippen LogP contribution in [-0.4, -0.2) is 27.8 Å². The first-order chi connectivity index (χ1) is 12.9. The zero-order valence-electron chi connectivity index (χ0n) is 15.0. The normalized spacial score (nSPS) is 15.5.